The molecule has 0 amide bonds. The molecule has 0 aromatic carbocycles. The molecular weight excluding hydrogens is 316 g/mol. The lowest BCUT2D eigenvalue weighted by Crippen LogP contribution is -2.17. The van der Waals surface area contributed by atoms with Gasteiger partial charge < -0.3 is 10.2 Å². The molecular formula is C24H56N2. The summed E-state index contributed by atoms with van der Waals surface area (Å²) in [4.78, 5) is 2.31. The Balaban J connectivity index is -0.0000000514. The molecule has 0 radical (unpaired) electrons. The Bertz CT molecular complexity index is 196. The highest BCUT2D eigenvalue weighted by Gasteiger charge is 1.88. The minimum Gasteiger partial charge on any atom is -0.319 e. The Labute approximate surface area is 169 Å². The zero-order chi connectivity index (χ0) is 22.1. The first-order valence-electron chi connectivity index (χ1n) is 10.7. The summed E-state index contributed by atoms with van der Waals surface area (Å²) in [7, 11) is 4.08. The van der Waals surface area contributed by atoms with E-state index in [4.69, 9.17) is 0 Å². The highest BCUT2D eigenvalue weighted by Crippen LogP contribution is 1.87. The van der Waals surface area contributed by atoms with Crippen LogP contribution in [-0.2, 0) is 0 Å². The molecule has 26 heavy (non-hydrogen) atoms. The number of hydrogen-bond donors (Lipinski definition) is 1. The topological polar surface area (TPSA) is 15.3 Å². The zero-order valence-electron chi connectivity index (χ0n) is 20.6. The van der Waals surface area contributed by atoms with E-state index in [1.165, 1.54) is 25.8 Å². The first kappa shape index (κ1) is 40.0. The van der Waals surface area contributed by atoms with Gasteiger partial charge in [0, 0.05) is 6.54 Å². The summed E-state index contributed by atoms with van der Waals surface area (Å²) >= 11 is 0. The van der Waals surface area contributed by atoms with Crippen molar-refractivity contribution >= 4 is 0 Å². The molecule has 0 unspecified atom stereocenters. The molecule has 2 heteroatoms. The lowest BCUT2D eigenvalue weighted by Gasteiger charge is -2.10. The van der Waals surface area contributed by atoms with Crippen molar-refractivity contribution in [3.63, 3.8) is 0 Å². The van der Waals surface area contributed by atoms with Crippen molar-refractivity contribution in [2.24, 2.45) is 0 Å². The number of allylic oxidation sites excluding steroid dienone is 2. The van der Waals surface area contributed by atoms with Gasteiger partial charge in [0.25, 0.3) is 0 Å². The summed E-state index contributed by atoms with van der Waals surface area (Å²) in [6, 6.07) is 0. The van der Waals surface area contributed by atoms with E-state index in [9.17, 15) is 0 Å². The molecule has 0 aromatic rings. The number of hydrogen-bond acceptors (Lipinski definition) is 2. The highest BCUT2D eigenvalue weighted by atomic mass is 15.1. The first-order chi connectivity index (χ1) is 12.6. The Hall–Kier alpha value is -0.860. The molecule has 0 aliphatic carbocycles. The SMILES string of the molecule is C/C=C/CCN(C)CC.C=CC.C=CCCNC.CC.CC.CCCC. The van der Waals surface area contributed by atoms with Gasteiger partial charge in [0.1, 0.15) is 0 Å². The fourth-order valence-corrected chi connectivity index (χ4v) is 0.866. The van der Waals surface area contributed by atoms with Gasteiger partial charge in [-0.3, -0.25) is 0 Å². The standard InChI is InChI=1S/C8H17N.C5H11N.C4H10.C3H6.2C2H6/c1-4-6-7-8-9(3)5-2;1-3-4-5-6-2;1-3-4-2;1-3-2;2*1-2/h4,6H,5,7-8H2,1-3H3;3,6H,1,4-5H2,2H3;3-4H2,1-2H3;3H,1H2,2H3;2*1-2H3/b6-4+;;;;;. The molecule has 0 saturated heterocycles. The number of nitrogens with one attached hydrogen (secondary N) is 1. The molecule has 0 aliphatic rings. The Morgan fingerprint density at radius 3 is 1.50 bits per heavy atom. The van der Waals surface area contributed by atoms with E-state index < -0.39 is 0 Å². The van der Waals surface area contributed by atoms with Crippen LogP contribution in [0.2, 0.25) is 0 Å². The van der Waals surface area contributed by atoms with Crippen LogP contribution in [0.1, 0.15) is 88.0 Å². The summed E-state index contributed by atoms with van der Waals surface area (Å²) in [5, 5.41) is 3.00. The van der Waals surface area contributed by atoms with Crippen LogP contribution in [-0.4, -0.2) is 38.6 Å². The summed E-state index contributed by atoms with van der Waals surface area (Å²) < 4.78 is 0. The lowest BCUT2D eigenvalue weighted by atomic mass is 10.3. The Kier molecular flexibility index (Phi) is 99.4. The molecule has 0 atom stereocenters. The maximum Gasteiger partial charge on any atom is 0.00127 e. The van der Waals surface area contributed by atoms with Crippen molar-refractivity contribution in [1.29, 1.82) is 0 Å². The van der Waals surface area contributed by atoms with Crippen molar-refractivity contribution in [3.8, 4) is 0 Å². The van der Waals surface area contributed by atoms with Gasteiger partial charge in [0.15, 0.2) is 0 Å². The van der Waals surface area contributed by atoms with Crippen molar-refractivity contribution in [2.75, 3.05) is 33.7 Å². The molecule has 0 bridgehead atoms. The fourth-order valence-electron chi connectivity index (χ4n) is 0.866. The van der Waals surface area contributed by atoms with E-state index in [2.05, 4.69) is 70.3 Å². The predicted octanol–water partition coefficient (Wildman–Crippen LogP) is 7.74. The van der Waals surface area contributed by atoms with Gasteiger partial charge in [-0.05, 0) is 53.9 Å². The van der Waals surface area contributed by atoms with E-state index >= 15 is 0 Å². The van der Waals surface area contributed by atoms with Crippen LogP contribution >= 0.6 is 0 Å². The van der Waals surface area contributed by atoms with E-state index in [-0.39, 0.29) is 0 Å². The van der Waals surface area contributed by atoms with Crippen LogP contribution in [0.3, 0.4) is 0 Å². The second kappa shape index (κ2) is 64.6. The molecule has 0 rings (SSSR count). The average molecular weight is 373 g/mol. The quantitative estimate of drug-likeness (QED) is 0.346. The zero-order valence-corrected chi connectivity index (χ0v) is 20.6. The molecule has 0 aliphatic heterocycles. The second-order valence-corrected chi connectivity index (χ2v) is 4.84. The van der Waals surface area contributed by atoms with Crippen molar-refractivity contribution < 1.29 is 0 Å². The monoisotopic (exact) mass is 372 g/mol. The second-order valence-electron chi connectivity index (χ2n) is 4.84. The molecule has 0 saturated carbocycles. The van der Waals surface area contributed by atoms with Crippen molar-refractivity contribution in [1.82, 2.24) is 10.2 Å². The molecule has 2 nitrogen and oxygen atoms in total. The summed E-state index contributed by atoms with van der Waals surface area (Å²) in [5.41, 5.74) is 0. The Morgan fingerprint density at radius 2 is 1.31 bits per heavy atom. The van der Waals surface area contributed by atoms with Gasteiger partial charge in [-0.25, -0.2) is 0 Å². The third kappa shape index (κ3) is 110. The van der Waals surface area contributed by atoms with Gasteiger partial charge in [-0.15, -0.1) is 13.2 Å². The number of unbranched alkanes of at least 4 members (excludes halogenated alkanes) is 1. The van der Waals surface area contributed by atoms with E-state index in [0.29, 0.717) is 0 Å². The maximum atomic E-state index is 3.56. The van der Waals surface area contributed by atoms with Crippen LogP contribution in [0.4, 0.5) is 0 Å². The summed E-state index contributed by atoms with van der Waals surface area (Å²) in [5.74, 6) is 0. The van der Waals surface area contributed by atoms with Crippen LogP contribution in [0.5, 0.6) is 0 Å². The first-order valence-corrected chi connectivity index (χ1v) is 10.7. The minimum absolute atomic E-state index is 1.05. The minimum atomic E-state index is 1.05. The van der Waals surface area contributed by atoms with E-state index in [1.807, 2.05) is 47.7 Å². The van der Waals surface area contributed by atoms with Gasteiger partial charge >= 0.3 is 0 Å². The van der Waals surface area contributed by atoms with E-state index in [1.54, 1.807) is 6.08 Å². The molecule has 1 N–H and O–H groups in total. The fraction of sp³-hybridized carbons (Fsp3) is 0.750. The highest BCUT2D eigenvalue weighted by molar-refractivity contribution is 4.77. The van der Waals surface area contributed by atoms with Crippen LogP contribution in [0, 0.1) is 0 Å². The van der Waals surface area contributed by atoms with Gasteiger partial charge in [-0.1, -0.05) is 85.6 Å². The van der Waals surface area contributed by atoms with Crippen molar-refractivity contribution in [2.45, 2.75) is 88.0 Å². The molecule has 0 aromatic heterocycles. The van der Waals surface area contributed by atoms with Crippen LogP contribution in [0.25, 0.3) is 0 Å². The lowest BCUT2D eigenvalue weighted by molar-refractivity contribution is 0.360. The average Bonchev–Trinajstić information content (AvgIpc) is 2.70. The van der Waals surface area contributed by atoms with Crippen molar-refractivity contribution in [3.05, 3.63) is 37.5 Å². The maximum absolute atomic E-state index is 3.56. The smallest absolute Gasteiger partial charge is 0.00127 e. The van der Waals surface area contributed by atoms with E-state index in [0.717, 1.165) is 19.5 Å². The summed E-state index contributed by atoms with van der Waals surface area (Å²) in [6.07, 6.45) is 12.8. The van der Waals surface area contributed by atoms with Gasteiger partial charge in [-0.2, -0.15) is 0 Å². The molecule has 0 fully saturated rings. The number of nitrogens with zero attached hydrogens (tertiary/aromatic N) is 1. The van der Waals surface area contributed by atoms with Crippen LogP contribution in [0.15, 0.2) is 37.5 Å². The largest absolute Gasteiger partial charge is 0.319 e. The van der Waals surface area contributed by atoms with Gasteiger partial charge in [0.2, 0.25) is 0 Å². The molecule has 0 heterocycles. The third-order valence-corrected chi connectivity index (χ3v) is 2.55. The Morgan fingerprint density at radius 1 is 0.885 bits per heavy atom. The number of rotatable bonds is 8. The van der Waals surface area contributed by atoms with Gasteiger partial charge in [0.05, 0.1) is 0 Å². The molecule has 0 spiro atoms. The summed E-state index contributed by atoms with van der Waals surface area (Å²) in [6.45, 7) is 28.8. The molecule has 162 valence electrons. The normalized spacial score (nSPS) is 8.00. The third-order valence-electron chi connectivity index (χ3n) is 2.55. The predicted molar refractivity (Wildman–Crippen MR) is 130 cm³/mol. The van der Waals surface area contributed by atoms with Crippen LogP contribution < -0.4 is 5.32 Å².